The Balaban J connectivity index is 1.99. The van der Waals surface area contributed by atoms with Crippen LogP contribution >= 0.6 is 0 Å². The second kappa shape index (κ2) is 7.16. The molecule has 1 amide bonds. The summed E-state index contributed by atoms with van der Waals surface area (Å²) in [6.45, 7) is 5.55. The molecule has 1 saturated heterocycles. The molecule has 0 aromatic carbocycles. The van der Waals surface area contributed by atoms with Crippen molar-refractivity contribution in [2.45, 2.75) is 6.42 Å². The summed E-state index contributed by atoms with van der Waals surface area (Å²) >= 11 is 0. The van der Waals surface area contributed by atoms with Crippen molar-refractivity contribution < 1.29 is 4.79 Å². The van der Waals surface area contributed by atoms with Gasteiger partial charge in [-0.05, 0) is 25.1 Å². The number of carbonyl (C=O) groups excluding carboxylic acids is 1. The zero-order valence-corrected chi connectivity index (χ0v) is 11.9. The first kappa shape index (κ1) is 14.7. The van der Waals surface area contributed by atoms with Crippen LogP contribution < -0.4 is 16.0 Å². The highest BCUT2D eigenvalue weighted by Crippen LogP contribution is 2.12. The van der Waals surface area contributed by atoms with Gasteiger partial charge in [0.2, 0.25) is 0 Å². The third-order valence-corrected chi connectivity index (χ3v) is 3.47. The van der Waals surface area contributed by atoms with Gasteiger partial charge in [0.15, 0.2) is 11.5 Å². The van der Waals surface area contributed by atoms with Gasteiger partial charge in [0.1, 0.15) is 0 Å². The Bertz CT molecular complexity index is 435. The molecule has 0 unspecified atom stereocenters. The molecule has 7 nitrogen and oxygen atoms in total. The average Bonchev–Trinajstić information content (AvgIpc) is 2.73. The zero-order chi connectivity index (χ0) is 14.4. The van der Waals surface area contributed by atoms with E-state index in [0.717, 1.165) is 45.0 Å². The van der Waals surface area contributed by atoms with Crippen molar-refractivity contribution in [2.24, 2.45) is 5.73 Å². The van der Waals surface area contributed by atoms with E-state index in [1.807, 2.05) is 6.07 Å². The minimum absolute atomic E-state index is 0.214. The maximum atomic E-state index is 11.4. The molecule has 1 fully saturated rings. The van der Waals surface area contributed by atoms with E-state index in [0.29, 0.717) is 12.2 Å². The number of anilines is 1. The van der Waals surface area contributed by atoms with Crippen molar-refractivity contribution in [1.29, 1.82) is 0 Å². The molecule has 0 radical (unpaired) electrons. The lowest BCUT2D eigenvalue weighted by atomic mass is 10.3. The van der Waals surface area contributed by atoms with Crippen LogP contribution in [0.3, 0.4) is 0 Å². The largest absolute Gasteiger partial charge is 0.354 e. The summed E-state index contributed by atoms with van der Waals surface area (Å²) in [5.41, 5.74) is 5.94. The lowest BCUT2D eigenvalue weighted by molar-refractivity contribution is 0.0957. The first-order chi connectivity index (χ1) is 9.74. The van der Waals surface area contributed by atoms with Crippen LogP contribution in [0.4, 0.5) is 5.82 Å². The van der Waals surface area contributed by atoms with Gasteiger partial charge in [0, 0.05) is 39.8 Å². The van der Waals surface area contributed by atoms with Crippen LogP contribution in [0, 0.1) is 0 Å². The number of carbonyl (C=O) groups is 1. The van der Waals surface area contributed by atoms with Gasteiger partial charge in [-0.2, -0.15) is 0 Å². The Hall–Kier alpha value is -1.73. The molecular weight excluding hydrogens is 256 g/mol. The molecule has 0 saturated carbocycles. The molecule has 7 heteroatoms. The lowest BCUT2D eigenvalue weighted by Gasteiger charge is -2.22. The Morgan fingerprint density at radius 1 is 1.30 bits per heavy atom. The number of nitrogens with two attached hydrogens (primary N) is 1. The van der Waals surface area contributed by atoms with Crippen molar-refractivity contribution in [3.8, 4) is 0 Å². The summed E-state index contributed by atoms with van der Waals surface area (Å²) in [6, 6.07) is 3.57. The van der Waals surface area contributed by atoms with Gasteiger partial charge < -0.3 is 20.9 Å². The maximum Gasteiger partial charge on any atom is 0.271 e. The fraction of sp³-hybridized carbons (Fsp3) is 0.615. The van der Waals surface area contributed by atoms with Crippen LogP contribution in [-0.4, -0.2) is 67.3 Å². The van der Waals surface area contributed by atoms with Gasteiger partial charge in [-0.3, -0.25) is 4.79 Å². The predicted molar refractivity (Wildman–Crippen MR) is 77.7 cm³/mol. The lowest BCUT2D eigenvalue weighted by Crippen LogP contribution is -2.34. The van der Waals surface area contributed by atoms with Crippen molar-refractivity contribution in [3.05, 3.63) is 17.8 Å². The molecule has 2 heterocycles. The molecule has 1 aliphatic heterocycles. The van der Waals surface area contributed by atoms with Crippen LogP contribution in [0.1, 0.15) is 16.9 Å². The highest BCUT2D eigenvalue weighted by molar-refractivity contribution is 5.91. The monoisotopic (exact) mass is 278 g/mol. The second-order valence-corrected chi connectivity index (χ2v) is 4.83. The van der Waals surface area contributed by atoms with Gasteiger partial charge in [-0.25, -0.2) is 0 Å². The standard InChI is InChI=1S/C13H22N6O/c1-15-13(20)11-3-4-12(17-16-11)19-7-2-6-18(8-5-14)9-10-19/h3-4H,2,5-10,14H2,1H3,(H,15,20). The van der Waals surface area contributed by atoms with Crippen LogP contribution in [0.2, 0.25) is 0 Å². The number of rotatable bonds is 4. The smallest absolute Gasteiger partial charge is 0.271 e. The van der Waals surface area contributed by atoms with E-state index in [2.05, 4.69) is 25.3 Å². The topological polar surface area (TPSA) is 87.4 Å². The molecular formula is C13H22N6O. The van der Waals surface area contributed by atoms with Crippen LogP contribution in [0.15, 0.2) is 12.1 Å². The molecule has 0 bridgehead atoms. The highest BCUT2D eigenvalue weighted by atomic mass is 16.1. The molecule has 110 valence electrons. The van der Waals surface area contributed by atoms with Gasteiger partial charge >= 0.3 is 0 Å². The summed E-state index contributed by atoms with van der Waals surface area (Å²) < 4.78 is 0. The molecule has 1 aliphatic rings. The summed E-state index contributed by atoms with van der Waals surface area (Å²) in [4.78, 5) is 16.0. The van der Waals surface area contributed by atoms with E-state index in [9.17, 15) is 4.79 Å². The van der Waals surface area contributed by atoms with E-state index in [-0.39, 0.29) is 5.91 Å². The third kappa shape index (κ3) is 3.64. The zero-order valence-electron chi connectivity index (χ0n) is 11.9. The minimum atomic E-state index is -0.214. The van der Waals surface area contributed by atoms with Crippen LogP contribution in [0.25, 0.3) is 0 Å². The third-order valence-electron chi connectivity index (χ3n) is 3.47. The summed E-state index contributed by atoms with van der Waals surface area (Å²) in [5.74, 6) is 0.612. The fourth-order valence-electron chi connectivity index (χ4n) is 2.35. The van der Waals surface area contributed by atoms with Crippen molar-refractivity contribution in [2.75, 3.05) is 51.2 Å². The molecule has 20 heavy (non-hydrogen) atoms. The first-order valence-corrected chi connectivity index (χ1v) is 6.98. The van der Waals surface area contributed by atoms with Crippen molar-refractivity contribution in [3.63, 3.8) is 0 Å². The van der Waals surface area contributed by atoms with Gasteiger partial charge in [0.25, 0.3) is 5.91 Å². The van der Waals surface area contributed by atoms with E-state index >= 15 is 0 Å². The van der Waals surface area contributed by atoms with E-state index in [4.69, 9.17) is 5.73 Å². The fourth-order valence-corrected chi connectivity index (χ4v) is 2.35. The average molecular weight is 278 g/mol. The van der Waals surface area contributed by atoms with E-state index in [1.165, 1.54) is 0 Å². The van der Waals surface area contributed by atoms with Gasteiger partial charge in [-0.1, -0.05) is 0 Å². The SMILES string of the molecule is CNC(=O)c1ccc(N2CCCN(CCN)CC2)nn1. The van der Waals surface area contributed by atoms with Crippen molar-refractivity contribution >= 4 is 11.7 Å². The molecule has 3 N–H and O–H groups in total. The van der Waals surface area contributed by atoms with Crippen LogP contribution in [0.5, 0.6) is 0 Å². The Kier molecular flexibility index (Phi) is 5.25. The number of hydrogen-bond donors (Lipinski definition) is 2. The molecule has 2 rings (SSSR count). The van der Waals surface area contributed by atoms with Crippen molar-refractivity contribution in [1.82, 2.24) is 20.4 Å². The number of hydrogen-bond acceptors (Lipinski definition) is 6. The van der Waals surface area contributed by atoms with Gasteiger partial charge in [0.05, 0.1) is 0 Å². The van der Waals surface area contributed by atoms with Crippen LogP contribution in [-0.2, 0) is 0 Å². The van der Waals surface area contributed by atoms with E-state index in [1.54, 1.807) is 13.1 Å². The molecule has 1 aromatic heterocycles. The molecule has 1 aromatic rings. The summed E-state index contributed by atoms with van der Waals surface area (Å²) in [6.07, 6.45) is 1.08. The Morgan fingerprint density at radius 3 is 2.80 bits per heavy atom. The Labute approximate surface area is 119 Å². The molecule has 0 spiro atoms. The summed E-state index contributed by atoms with van der Waals surface area (Å²) in [5, 5.41) is 10.7. The number of amides is 1. The normalized spacial score (nSPS) is 16.8. The number of aromatic nitrogens is 2. The molecule has 0 aliphatic carbocycles. The second-order valence-electron chi connectivity index (χ2n) is 4.83. The Morgan fingerprint density at radius 2 is 2.15 bits per heavy atom. The number of nitrogens with one attached hydrogen (secondary N) is 1. The van der Waals surface area contributed by atoms with Gasteiger partial charge in [-0.15, -0.1) is 10.2 Å². The predicted octanol–water partition coefficient (Wildman–Crippen LogP) is -0.693. The number of nitrogens with zero attached hydrogens (tertiary/aromatic N) is 4. The summed E-state index contributed by atoms with van der Waals surface area (Å²) in [7, 11) is 1.58. The van der Waals surface area contributed by atoms with E-state index < -0.39 is 0 Å². The minimum Gasteiger partial charge on any atom is -0.354 e. The quantitative estimate of drug-likeness (QED) is 0.758. The first-order valence-electron chi connectivity index (χ1n) is 6.98. The maximum absolute atomic E-state index is 11.4. The highest BCUT2D eigenvalue weighted by Gasteiger charge is 2.16. The molecule has 0 atom stereocenters.